The van der Waals surface area contributed by atoms with E-state index in [0.717, 1.165) is 29.5 Å². The van der Waals surface area contributed by atoms with Crippen molar-refractivity contribution in [1.29, 1.82) is 0 Å². The number of para-hydroxylation sites is 1. The van der Waals surface area contributed by atoms with Gasteiger partial charge in [0.2, 0.25) is 0 Å². The Labute approximate surface area is 135 Å². The van der Waals surface area contributed by atoms with E-state index in [9.17, 15) is 26.7 Å². The Morgan fingerprint density at radius 2 is 1.75 bits per heavy atom. The maximum Gasteiger partial charge on any atom is 0.418 e. The summed E-state index contributed by atoms with van der Waals surface area (Å²) in [7, 11) is 0. The zero-order chi connectivity index (χ0) is 17.5. The molecule has 0 radical (unpaired) electrons. The third-order valence-electron chi connectivity index (χ3n) is 3.07. The normalized spacial score (nSPS) is 11.7. The minimum atomic E-state index is -4.58. The van der Waals surface area contributed by atoms with E-state index in [1.165, 1.54) is 12.1 Å². The van der Waals surface area contributed by atoms with Gasteiger partial charge < -0.3 is 0 Å². The highest BCUT2D eigenvalue weighted by Crippen LogP contribution is 2.37. The van der Waals surface area contributed by atoms with Gasteiger partial charge in [-0.15, -0.1) is 0 Å². The van der Waals surface area contributed by atoms with Gasteiger partial charge in [0, 0.05) is 11.6 Å². The van der Waals surface area contributed by atoms with Crippen molar-refractivity contribution in [2.24, 2.45) is 0 Å². The summed E-state index contributed by atoms with van der Waals surface area (Å²) in [5.41, 5.74) is -1.52. The van der Waals surface area contributed by atoms with Crippen molar-refractivity contribution in [3.8, 4) is 0 Å². The third-order valence-corrected chi connectivity index (χ3v) is 4.01. The summed E-state index contributed by atoms with van der Waals surface area (Å²) in [5.74, 6) is -2.76. The lowest BCUT2D eigenvalue weighted by molar-refractivity contribution is -0.136. The number of halogens is 5. The quantitative estimate of drug-likeness (QED) is 0.666. The molecule has 1 aromatic heterocycles. The van der Waals surface area contributed by atoms with Crippen LogP contribution in [0.2, 0.25) is 0 Å². The molecule has 0 bridgehead atoms. The van der Waals surface area contributed by atoms with E-state index in [1.807, 2.05) is 0 Å². The molecule has 1 amide bonds. The Balaban J connectivity index is 1.95. The zero-order valence-electron chi connectivity index (χ0n) is 11.6. The molecule has 3 aromatic rings. The van der Waals surface area contributed by atoms with Crippen molar-refractivity contribution in [1.82, 2.24) is 4.98 Å². The maximum atomic E-state index is 13.1. The maximum absolute atomic E-state index is 13.1. The molecule has 0 aliphatic rings. The molecule has 0 saturated heterocycles. The average molecular weight is 358 g/mol. The first-order chi connectivity index (χ1) is 11.2. The highest BCUT2D eigenvalue weighted by molar-refractivity contribution is 7.22. The summed E-state index contributed by atoms with van der Waals surface area (Å²) in [6.45, 7) is 0. The highest BCUT2D eigenvalue weighted by Gasteiger charge is 2.33. The van der Waals surface area contributed by atoms with Crippen molar-refractivity contribution in [2.45, 2.75) is 6.18 Å². The second-order valence-corrected chi connectivity index (χ2v) is 5.81. The summed E-state index contributed by atoms with van der Waals surface area (Å²) in [6.07, 6.45) is -4.58. The van der Waals surface area contributed by atoms with E-state index in [2.05, 4.69) is 10.3 Å². The lowest BCUT2D eigenvalue weighted by atomic mass is 10.2. The molecule has 0 aliphatic heterocycles. The third kappa shape index (κ3) is 3.21. The lowest BCUT2D eigenvalue weighted by Gasteiger charge is -2.06. The molecule has 9 heteroatoms. The molecule has 0 unspecified atom stereocenters. The first-order valence-electron chi connectivity index (χ1n) is 6.48. The molecule has 24 heavy (non-hydrogen) atoms. The van der Waals surface area contributed by atoms with Crippen LogP contribution < -0.4 is 5.32 Å². The van der Waals surface area contributed by atoms with E-state index >= 15 is 0 Å². The molecule has 1 heterocycles. The van der Waals surface area contributed by atoms with Crippen LogP contribution >= 0.6 is 11.3 Å². The Bertz CT molecular complexity index is 915. The summed E-state index contributed by atoms with van der Waals surface area (Å²) in [4.78, 5) is 15.7. The van der Waals surface area contributed by atoms with Gasteiger partial charge in [-0.05, 0) is 24.3 Å². The number of benzene rings is 2. The van der Waals surface area contributed by atoms with E-state index < -0.39 is 29.3 Å². The van der Waals surface area contributed by atoms with Crippen LogP contribution in [0.1, 0.15) is 15.9 Å². The van der Waals surface area contributed by atoms with Crippen LogP contribution in [0.3, 0.4) is 0 Å². The Hall–Kier alpha value is -2.55. The van der Waals surface area contributed by atoms with Crippen LogP contribution in [0.25, 0.3) is 10.2 Å². The number of nitrogens with zero attached hydrogens (tertiary/aromatic N) is 1. The van der Waals surface area contributed by atoms with Crippen molar-refractivity contribution < 1.29 is 26.7 Å². The number of carbonyl (C=O) groups excluding carboxylic acids is 1. The van der Waals surface area contributed by atoms with Crippen LogP contribution in [0.5, 0.6) is 0 Å². The van der Waals surface area contributed by atoms with Crippen molar-refractivity contribution in [3.05, 3.63) is 59.2 Å². The van der Waals surface area contributed by atoms with Gasteiger partial charge in [-0.3, -0.25) is 10.1 Å². The minimum Gasteiger partial charge on any atom is -0.298 e. The largest absolute Gasteiger partial charge is 0.418 e. The first kappa shape index (κ1) is 16.3. The van der Waals surface area contributed by atoms with E-state index in [-0.39, 0.29) is 20.9 Å². The SMILES string of the molecule is O=C(Nc1nc2c(C(F)(F)F)cccc2s1)c1cc(F)cc(F)c1. The summed E-state index contributed by atoms with van der Waals surface area (Å²) < 4.78 is 65.3. The number of amides is 1. The van der Waals surface area contributed by atoms with E-state index in [0.29, 0.717) is 6.07 Å². The number of nitrogens with one attached hydrogen (secondary N) is 1. The fourth-order valence-electron chi connectivity index (χ4n) is 2.08. The number of fused-ring (bicyclic) bond motifs is 1. The molecule has 3 rings (SSSR count). The zero-order valence-corrected chi connectivity index (χ0v) is 12.4. The van der Waals surface area contributed by atoms with Gasteiger partial charge in [-0.1, -0.05) is 17.4 Å². The average Bonchev–Trinajstić information content (AvgIpc) is 2.86. The lowest BCUT2D eigenvalue weighted by Crippen LogP contribution is -2.12. The molecule has 0 atom stereocenters. The number of hydrogen-bond acceptors (Lipinski definition) is 3. The highest BCUT2D eigenvalue weighted by atomic mass is 32.1. The smallest absolute Gasteiger partial charge is 0.298 e. The van der Waals surface area contributed by atoms with Gasteiger partial charge in [-0.25, -0.2) is 13.8 Å². The molecular weight excluding hydrogens is 351 g/mol. The number of rotatable bonds is 2. The molecule has 1 N–H and O–H groups in total. The van der Waals surface area contributed by atoms with Crippen LogP contribution in [-0.2, 0) is 6.18 Å². The predicted octanol–water partition coefficient (Wildman–Crippen LogP) is 4.85. The number of thiazole rings is 1. The molecule has 0 fully saturated rings. The van der Waals surface area contributed by atoms with Gasteiger partial charge in [0.15, 0.2) is 5.13 Å². The predicted molar refractivity (Wildman–Crippen MR) is 78.9 cm³/mol. The minimum absolute atomic E-state index is 0.101. The fourth-order valence-corrected chi connectivity index (χ4v) is 2.97. The summed E-state index contributed by atoms with van der Waals surface area (Å²) in [5, 5.41) is 2.15. The van der Waals surface area contributed by atoms with Gasteiger partial charge in [0.1, 0.15) is 11.6 Å². The number of hydrogen-bond donors (Lipinski definition) is 1. The second-order valence-electron chi connectivity index (χ2n) is 4.78. The van der Waals surface area contributed by atoms with Gasteiger partial charge in [-0.2, -0.15) is 13.2 Å². The van der Waals surface area contributed by atoms with E-state index in [4.69, 9.17) is 0 Å². The number of carbonyl (C=O) groups is 1. The van der Waals surface area contributed by atoms with Crippen molar-refractivity contribution in [3.63, 3.8) is 0 Å². The Kier molecular flexibility index (Phi) is 3.96. The topological polar surface area (TPSA) is 42.0 Å². The number of anilines is 1. The van der Waals surface area contributed by atoms with Crippen LogP contribution in [-0.4, -0.2) is 10.9 Å². The second kappa shape index (κ2) is 5.82. The molecule has 0 saturated carbocycles. The molecule has 124 valence electrons. The molecule has 0 spiro atoms. The summed E-state index contributed by atoms with van der Waals surface area (Å²) >= 11 is 0.828. The standard InChI is InChI=1S/C15H7F5N2OS/c16-8-4-7(5-9(17)6-8)13(23)22-14-21-12-10(15(18,19)20)2-1-3-11(12)24-14/h1-6H,(H,21,22,23). The Morgan fingerprint density at radius 1 is 1.08 bits per heavy atom. The van der Waals surface area contributed by atoms with Crippen LogP contribution in [0.15, 0.2) is 36.4 Å². The molecule has 2 aromatic carbocycles. The number of aromatic nitrogens is 1. The van der Waals surface area contributed by atoms with Crippen LogP contribution in [0, 0.1) is 11.6 Å². The van der Waals surface area contributed by atoms with Gasteiger partial charge in [0.05, 0.1) is 15.8 Å². The van der Waals surface area contributed by atoms with Crippen molar-refractivity contribution in [2.75, 3.05) is 5.32 Å². The van der Waals surface area contributed by atoms with E-state index in [1.54, 1.807) is 0 Å². The van der Waals surface area contributed by atoms with Gasteiger partial charge in [0.25, 0.3) is 5.91 Å². The fraction of sp³-hybridized carbons (Fsp3) is 0.0667. The number of alkyl halides is 3. The molecule has 0 aliphatic carbocycles. The first-order valence-corrected chi connectivity index (χ1v) is 7.30. The molecular formula is C15H7F5N2OS. The monoisotopic (exact) mass is 358 g/mol. The summed E-state index contributed by atoms with van der Waals surface area (Å²) in [6, 6.07) is 5.77. The van der Waals surface area contributed by atoms with Crippen molar-refractivity contribution >= 4 is 32.6 Å². The molecule has 3 nitrogen and oxygen atoms in total. The van der Waals surface area contributed by atoms with Gasteiger partial charge >= 0.3 is 6.18 Å². The van der Waals surface area contributed by atoms with Crippen LogP contribution in [0.4, 0.5) is 27.1 Å². The Morgan fingerprint density at radius 3 is 2.38 bits per heavy atom.